The maximum Gasteiger partial charge on any atom is 0.329 e. The Hall–Kier alpha value is -3.30. The van der Waals surface area contributed by atoms with Gasteiger partial charge in [0.1, 0.15) is 18.7 Å². The Morgan fingerprint density at radius 2 is 1.97 bits per heavy atom. The number of benzene rings is 1. The average Bonchev–Trinajstić information content (AvgIpc) is 3.13. The van der Waals surface area contributed by atoms with E-state index in [0.29, 0.717) is 28.1 Å². The maximum atomic E-state index is 12.8. The number of aromatic nitrogens is 1. The molecule has 0 bridgehead atoms. The Labute approximate surface area is 180 Å². The summed E-state index contributed by atoms with van der Waals surface area (Å²) in [5.74, 6) is -1.04. The van der Waals surface area contributed by atoms with Crippen molar-refractivity contribution in [3.05, 3.63) is 76.6 Å². The molecule has 0 fully saturated rings. The third-order valence-electron chi connectivity index (χ3n) is 5.10. The van der Waals surface area contributed by atoms with Gasteiger partial charge in [0, 0.05) is 28.5 Å². The van der Waals surface area contributed by atoms with Gasteiger partial charge in [-0.2, -0.15) is 5.26 Å². The second-order valence-electron chi connectivity index (χ2n) is 7.09. The Morgan fingerprint density at radius 3 is 2.63 bits per heavy atom. The van der Waals surface area contributed by atoms with Crippen LogP contribution in [0.15, 0.2) is 54.9 Å². The molecule has 2 aromatic heterocycles. The number of fused-ring (bicyclic) bond motifs is 1. The minimum absolute atomic E-state index is 0.0485. The molecule has 1 N–H and O–H groups in total. The third kappa shape index (κ3) is 4.64. The lowest BCUT2D eigenvalue weighted by atomic mass is 9.98. The van der Waals surface area contributed by atoms with Crippen molar-refractivity contribution in [1.29, 1.82) is 5.26 Å². The van der Waals surface area contributed by atoms with E-state index in [1.807, 2.05) is 42.6 Å². The first-order chi connectivity index (χ1) is 14.4. The van der Waals surface area contributed by atoms with Crippen molar-refractivity contribution in [2.24, 2.45) is 5.92 Å². The predicted octanol–water partition coefficient (Wildman–Crippen LogP) is 4.35. The second-order valence-corrected chi connectivity index (χ2v) is 7.52. The molecule has 1 amide bonds. The van der Waals surface area contributed by atoms with E-state index < -0.39 is 12.0 Å². The van der Waals surface area contributed by atoms with Gasteiger partial charge in [0.15, 0.2) is 0 Å². The van der Waals surface area contributed by atoms with E-state index in [9.17, 15) is 14.9 Å². The monoisotopic (exact) mass is 423 g/mol. The van der Waals surface area contributed by atoms with Crippen molar-refractivity contribution in [3.63, 3.8) is 0 Å². The van der Waals surface area contributed by atoms with E-state index in [1.54, 1.807) is 30.5 Å². The molecule has 6 nitrogen and oxygen atoms in total. The quantitative estimate of drug-likeness (QED) is 0.572. The second kappa shape index (κ2) is 9.47. The number of nitrogens with one attached hydrogen (secondary N) is 1. The van der Waals surface area contributed by atoms with E-state index in [2.05, 4.69) is 11.4 Å². The van der Waals surface area contributed by atoms with Crippen LogP contribution in [-0.2, 0) is 16.1 Å². The number of hydrogen-bond acceptors (Lipinski definition) is 4. The summed E-state index contributed by atoms with van der Waals surface area (Å²) in [7, 11) is 0. The molecule has 3 aromatic rings. The Kier molecular flexibility index (Phi) is 6.76. The molecule has 2 heterocycles. The van der Waals surface area contributed by atoms with Crippen LogP contribution in [0, 0.1) is 17.2 Å². The summed E-state index contributed by atoms with van der Waals surface area (Å²) < 4.78 is 7.32. The van der Waals surface area contributed by atoms with Crippen LogP contribution in [0.5, 0.6) is 0 Å². The molecule has 0 radical (unpaired) electrons. The molecule has 0 saturated carbocycles. The SMILES string of the molecule is CCC(C)C(NC(=O)c1ccc(Cl)cc1)C(=O)OCc1cn2ccccc2c1C#N. The van der Waals surface area contributed by atoms with Gasteiger partial charge >= 0.3 is 5.97 Å². The first-order valence-corrected chi connectivity index (χ1v) is 10.0. The zero-order valence-electron chi connectivity index (χ0n) is 16.8. The molecule has 3 rings (SSSR count). The molecule has 30 heavy (non-hydrogen) atoms. The van der Waals surface area contributed by atoms with Gasteiger partial charge in [-0.1, -0.05) is 37.9 Å². The highest BCUT2D eigenvalue weighted by Crippen LogP contribution is 2.20. The number of halogens is 1. The fraction of sp³-hybridized carbons (Fsp3) is 0.261. The first-order valence-electron chi connectivity index (χ1n) is 9.66. The fourth-order valence-electron chi connectivity index (χ4n) is 3.15. The number of carbonyl (C=O) groups is 2. The minimum atomic E-state index is -0.805. The van der Waals surface area contributed by atoms with Crippen molar-refractivity contribution in [2.75, 3.05) is 0 Å². The van der Waals surface area contributed by atoms with Crippen LogP contribution in [-0.4, -0.2) is 22.3 Å². The number of carbonyl (C=O) groups excluding carboxylic acids is 2. The Balaban J connectivity index is 1.74. The number of hydrogen-bond donors (Lipinski definition) is 1. The highest BCUT2D eigenvalue weighted by molar-refractivity contribution is 6.30. The lowest BCUT2D eigenvalue weighted by Gasteiger charge is -2.22. The maximum absolute atomic E-state index is 12.8. The number of amides is 1. The minimum Gasteiger partial charge on any atom is -0.459 e. The number of nitriles is 1. The van der Waals surface area contributed by atoms with Gasteiger partial charge in [-0.15, -0.1) is 0 Å². The number of pyridine rings is 1. The topological polar surface area (TPSA) is 83.6 Å². The highest BCUT2D eigenvalue weighted by Gasteiger charge is 2.28. The lowest BCUT2D eigenvalue weighted by molar-refractivity contribution is -0.148. The molecule has 2 atom stereocenters. The molecule has 0 saturated heterocycles. The number of ether oxygens (including phenoxy) is 1. The van der Waals surface area contributed by atoms with E-state index in [0.717, 1.165) is 5.52 Å². The summed E-state index contributed by atoms with van der Waals surface area (Å²) >= 11 is 5.87. The van der Waals surface area contributed by atoms with E-state index in [1.165, 1.54) is 0 Å². The molecular formula is C23H22ClN3O3. The van der Waals surface area contributed by atoms with Gasteiger partial charge in [-0.05, 0) is 42.3 Å². The Morgan fingerprint density at radius 1 is 1.23 bits per heavy atom. The van der Waals surface area contributed by atoms with E-state index in [-0.39, 0.29) is 18.4 Å². The van der Waals surface area contributed by atoms with Crippen LogP contribution in [0.2, 0.25) is 5.02 Å². The summed E-state index contributed by atoms with van der Waals surface area (Å²) in [5, 5.41) is 12.8. The van der Waals surface area contributed by atoms with Gasteiger partial charge in [0.25, 0.3) is 5.91 Å². The van der Waals surface area contributed by atoms with Crippen LogP contribution in [0.3, 0.4) is 0 Å². The van der Waals surface area contributed by atoms with Crippen molar-refractivity contribution in [3.8, 4) is 6.07 Å². The molecule has 0 aliphatic carbocycles. The molecule has 0 aliphatic heterocycles. The zero-order valence-corrected chi connectivity index (χ0v) is 17.5. The normalized spacial score (nSPS) is 12.7. The van der Waals surface area contributed by atoms with Gasteiger partial charge < -0.3 is 14.5 Å². The predicted molar refractivity (Wildman–Crippen MR) is 114 cm³/mol. The van der Waals surface area contributed by atoms with Gasteiger partial charge in [0.05, 0.1) is 11.1 Å². The van der Waals surface area contributed by atoms with Crippen LogP contribution in [0.1, 0.15) is 41.8 Å². The highest BCUT2D eigenvalue weighted by atomic mass is 35.5. The van der Waals surface area contributed by atoms with Crippen molar-refractivity contribution in [2.45, 2.75) is 32.9 Å². The summed E-state index contributed by atoms with van der Waals surface area (Å²) in [5.41, 5.74) is 2.24. The van der Waals surface area contributed by atoms with Crippen LogP contribution in [0.4, 0.5) is 0 Å². The number of rotatable bonds is 7. The summed E-state index contributed by atoms with van der Waals surface area (Å²) in [4.78, 5) is 25.4. The van der Waals surface area contributed by atoms with E-state index >= 15 is 0 Å². The smallest absolute Gasteiger partial charge is 0.329 e. The summed E-state index contributed by atoms with van der Waals surface area (Å²) in [6.07, 6.45) is 4.28. The fourth-order valence-corrected chi connectivity index (χ4v) is 3.28. The van der Waals surface area contributed by atoms with Crippen LogP contribution < -0.4 is 5.32 Å². The molecule has 2 unspecified atom stereocenters. The van der Waals surface area contributed by atoms with Crippen molar-refractivity contribution in [1.82, 2.24) is 9.72 Å². The van der Waals surface area contributed by atoms with E-state index in [4.69, 9.17) is 16.3 Å². The van der Waals surface area contributed by atoms with Crippen LogP contribution in [0.25, 0.3) is 5.52 Å². The summed E-state index contributed by atoms with van der Waals surface area (Å²) in [6.45, 7) is 3.77. The molecule has 154 valence electrons. The van der Waals surface area contributed by atoms with Gasteiger partial charge in [-0.3, -0.25) is 4.79 Å². The Bertz CT molecular complexity index is 1100. The summed E-state index contributed by atoms with van der Waals surface area (Å²) in [6, 6.07) is 13.3. The molecule has 0 aliphatic rings. The molecule has 1 aromatic carbocycles. The van der Waals surface area contributed by atoms with Crippen LogP contribution >= 0.6 is 11.6 Å². The number of nitrogens with zero attached hydrogens (tertiary/aromatic N) is 2. The molecule has 7 heteroatoms. The van der Waals surface area contributed by atoms with Gasteiger partial charge in [0.2, 0.25) is 0 Å². The first kappa shape index (κ1) is 21.4. The van der Waals surface area contributed by atoms with Crippen molar-refractivity contribution >= 4 is 29.0 Å². The zero-order chi connectivity index (χ0) is 21.7. The average molecular weight is 424 g/mol. The van der Waals surface area contributed by atoms with Crippen molar-refractivity contribution < 1.29 is 14.3 Å². The third-order valence-corrected chi connectivity index (χ3v) is 5.36. The lowest BCUT2D eigenvalue weighted by Crippen LogP contribution is -2.46. The largest absolute Gasteiger partial charge is 0.459 e. The van der Waals surface area contributed by atoms with Gasteiger partial charge in [-0.25, -0.2) is 4.79 Å². The standard InChI is InChI=1S/C23H22ClN3O3/c1-3-15(2)21(26-22(28)16-7-9-18(24)10-8-16)23(29)30-14-17-13-27-11-5-4-6-20(27)19(17)12-25/h4-11,13,15,21H,3,14H2,1-2H3,(H,26,28). The number of esters is 1. The molecule has 0 spiro atoms. The molecular weight excluding hydrogens is 402 g/mol.